The Morgan fingerprint density at radius 1 is 1.25 bits per heavy atom. The smallest absolute Gasteiger partial charge is 0.323 e. The minimum absolute atomic E-state index is 0.00167. The lowest BCUT2D eigenvalue weighted by Crippen LogP contribution is -2.14. The van der Waals surface area contributed by atoms with Gasteiger partial charge in [-0.25, -0.2) is 4.63 Å². The van der Waals surface area contributed by atoms with E-state index in [0.29, 0.717) is 17.7 Å². The van der Waals surface area contributed by atoms with Gasteiger partial charge in [-0.3, -0.25) is 19.7 Å². The Bertz CT molecular complexity index is 855. The second kappa shape index (κ2) is 10.4. The Morgan fingerprint density at radius 3 is 2.68 bits per heavy atom. The fourth-order valence-electron chi connectivity index (χ4n) is 2.30. The largest absolute Gasteiger partial charge is 0.465 e. The van der Waals surface area contributed by atoms with Gasteiger partial charge in [0.2, 0.25) is 5.52 Å². The highest BCUT2D eigenvalue weighted by atomic mass is 32.2. The number of rotatable bonds is 11. The molecule has 11 nitrogen and oxygen atoms in total. The van der Waals surface area contributed by atoms with Crippen molar-refractivity contribution in [3.63, 3.8) is 0 Å². The molecule has 12 heteroatoms. The summed E-state index contributed by atoms with van der Waals surface area (Å²) < 4.78 is 14.6. The molecule has 0 saturated heterocycles. The van der Waals surface area contributed by atoms with Crippen LogP contribution in [0.15, 0.2) is 15.6 Å². The maximum atomic E-state index is 11.6. The molecule has 0 aliphatic carbocycles. The van der Waals surface area contributed by atoms with Gasteiger partial charge in [0.05, 0.1) is 17.3 Å². The summed E-state index contributed by atoms with van der Waals surface area (Å²) in [6.45, 7) is 4.03. The van der Waals surface area contributed by atoms with Gasteiger partial charge < -0.3 is 14.8 Å². The molecule has 1 aromatic carbocycles. The van der Waals surface area contributed by atoms with Crippen molar-refractivity contribution in [2.24, 2.45) is 0 Å². The first-order valence-electron chi connectivity index (χ1n) is 8.59. The van der Waals surface area contributed by atoms with Crippen LogP contribution in [0, 0.1) is 10.1 Å². The van der Waals surface area contributed by atoms with Crippen molar-refractivity contribution in [2.75, 3.05) is 30.8 Å². The molecule has 28 heavy (non-hydrogen) atoms. The topological polar surface area (TPSA) is 147 Å². The second-order valence-electron chi connectivity index (χ2n) is 5.48. The number of benzene rings is 1. The molecule has 1 aromatic heterocycles. The van der Waals surface area contributed by atoms with Gasteiger partial charge in [-0.05, 0) is 29.7 Å². The molecule has 0 fully saturated rings. The van der Waals surface area contributed by atoms with Gasteiger partial charge in [-0.1, -0.05) is 6.92 Å². The molecule has 0 unspecified atom stereocenters. The molecule has 0 amide bonds. The predicted molar refractivity (Wildman–Crippen MR) is 100 cm³/mol. The number of hydrogen-bond donors (Lipinski definition) is 1. The summed E-state index contributed by atoms with van der Waals surface area (Å²) in [4.78, 5) is 34.4. The maximum Gasteiger partial charge on any atom is 0.323 e. The van der Waals surface area contributed by atoms with Gasteiger partial charge in [0.1, 0.15) is 12.3 Å². The van der Waals surface area contributed by atoms with Crippen LogP contribution in [0.5, 0.6) is 0 Å². The summed E-state index contributed by atoms with van der Waals surface area (Å²) in [7, 11) is 0. The fourth-order valence-corrected chi connectivity index (χ4v) is 3.13. The third-order valence-electron chi connectivity index (χ3n) is 3.44. The monoisotopic (exact) mass is 412 g/mol. The van der Waals surface area contributed by atoms with Crippen LogP contribution in [0.2, 0.25) is 0 Å². The van der Waals surface area contributed by atoms with Crippen molar-refractivity contribution in [1.82, 2.24) is 10.3 Å². The first kappa shape index (κ1) is 21.4. The van der Waals surface area contributed by atoms with Crippen LogP contribution in [0.1, 0.15) is 26.7 Å². The number of nitro benzene ring substituents is 1. The number of fused-ring (bicyclic) bond motifs is 1. The number of aromatic nitrogens is 2. The molecule has 0 aliphatic heterocycles. The molecule has 0 aliphatic rings. The average Bonchev–Trinajstić information content (AvgIpc) is 3.12. The molecule has 1 heterocycles. The van der Waals surface area contributed by atoms with E-state index in [1.54, 1.807) is 6.92 Å². The van der Waals surface area contributed by atoms with E-state index in [-0.39, 0.29) is 53.9 Å². The number of hydrogen-bond acceptors (Lipinski definition) is 11. The molecule has 1 N–H and O–H groups in total. The Hall–Kier alpha value is -2.89. The zero-order valence-electron chi connectivity index (χ0n) is 15.4. The van der Waals surface area contributed by atoms with Gasteiger partial charge >= 0.3 is 17.6 Å². The van der Waals surface area contributed by atoms with E-state index in [0.717, 1.165) is 11.8 Å². The maximum absolute atomic E-state index is 11.6. The van der Waals surface area contributed by atoms with Crippen LogP contribution in [0.25, 0.3) is 11.0 Å². The number of ether oxygens (including phenoxy) is 2. The number of nitro groups is 1. The van der Waals surface area contributed by atoms with Crippen molar-refractivity contribution in [3.8, 4) is 0 Å². The number of thioether (sulfide) groups is 1. The lowest BCUT2D eigenvalue weighted by atomic mass is 10.2. The van der Waals surface area contributed by atoms with E-state index in [1.807, 2.05) is 6.92 Å². The van der Waals surface area contributed by atoms with E-state index in [2.05, 4.69) is 20.3 Å². The highest BCUT2D eigenvalue weighted by molar-refractivity contribution is 8.00. The first-order chi connectivity index (χ1) is 13.5. The summed E-state index contributed by atoms with van der Waals surface area (Å²) in [5.41, 5.74) is -0.00650. The quantitative estimate of drug-likeness (QED) is 0.191. The first-order valence-corrected chi connectivity index (χ1v) is 9.58. The minimum Gasteiger partial charge on any atom is -0.465 e. The number of carbonyl (C=O) groups is 2. The minimum atomic E-state index is -0.599. The Balaban J connectivity index is 2.20. The van der Waals surface area contributed by atoms with Crippen LogP contribution in [-0.4, -0.2) is 52.7 Å². The highest BCUT2D eigenvalue weighted by Gasteiger charge is 2.26. The molecule has 0 atom stereocenters. The lowest BCUT2D eigenvalue weighted by molar-refractivity contribution is -0.382. The van der Waals surface area contributed by atoms with E-state index < -0.39 is 10.9 Å². The average molecular weight is 412 g/mol. The summed E-state index contributed by atoms with van der Waals surface area (Å²) in [5.74, 6) is -0.754. The zero-order valence-corrected chi connectivity index (χ0v) is 16.2. The summed E-state index contributed by atoms with van der Waals surface area (Å²) in [6.07, 6.45) is 0.986. The van der Waals surface area contributed by atoms with E-state index in [9.17, 15) is 19.7 Å². The van der Waals surface area contributed by atoms with Crippen molar-refractivity contribution in [3.05, 3.63) is 16.2 Å². The van der Waals surface area contributed by atoms with Gasteiger partial charge in [-0.2, -0.15) is 0 Å². The standard InChI is InChI=1S/C16H20N4O7S/c1-3-5-12(21)26-7-6-17-10-8-11(28-9-13(22)25-4-2)14-15(19-27-18-14)16(10)20(23)24/h8,17H,3-7,9H2,1-2H3. The lowest BCUT2D eigenvalue weighted by Gasteiger charge is -2.10. The zero-order chi connectivity index (χ0) is 20.5. The van der Waals surface area contributed by atoms with Crippen LogP contribution in [-0.2, 0) is 19.1 Å². The van der Waals surface area contributed by atoms with Crippen LogP contribution < -0.4 is 5.32 Å². The van der Waals surface area contributed by atoms with Gasteiger partial charge in [0.25, 0.3) is 0 Å². The molecule has 0 spiro atoms. The van der Waals surface area contributed by atoms with Crippen molar-refractivity contribution < 1.29 is 28.6 Å². The van der Waals surface area contributed by atoms with Gasteiger partial charge in [-0.15, -0.1) is 11.8 Å². The summed E-state index contributed by atoms with van der Waals surface area (Å²) in [6, 6.07) is 1.49. The van der Waals surface area contributed by atoms with Gasteiger partial charge in [0.15, 0.2) is 5.52 Å². The molecule has 0 bridgehead atoms. The molecule has 0 saturated carbocycles. The molecular formula is C16H20N4O7S. The van der Waals surface area contributed by atoms with E-state index >= 15 is 0 Å². The van der Waals surface area contributed by atoms with Crippen LogP contribution in [0.3, 0.4) is 0 Å². The third-order valence-corrected chi connectivity index (χ3v) is 4.45. The Labute approximate surface area is 164 Å². The van der Waals surface area contributed by atoms with Crippen LogP contribution >= 0.6 is 11.8 Å². The normalized spacial score (nSPS) is 10.6. The number of nitrogens with zero attached hydrogens (tertiary/aromatic N) is 3. The van der Waals surface area contributed by atoms with Gasteiger partial charge in [0, 0.05) is 17.9 Å². The number of nitrogens with one attached hydrogen (secondary N) is 1. The molecule has 2 aromatic rings. The highest BCUT2D eigenvalue weighted by Crippen LogP contribution is 2.38. The Morgan fingerprint density at radius 2 is 2.00 bits per heavy atom. The van der Waals surface area contributed by atoms with Crippen molar-refractivity contribution in [2.45, 2.75) is 31.6 Å². The fraction of sp³-hybridized carbons (Fsp3) is 0.500. The molecule has 0 radical (unpaired) electrons. The number of esters is 2. The van der Waals surface area contributed by atoms with Crippen LogP contribution in [0.4, 0.5) is 11.4 Å². The second-order valence-corrected chi connectivity index (χ2v) is 6.50. The van der Waals surface area contributed by atoms with E-state index in [1.165, 1.54) is 6.07 Å². The van der Waals surface area contributed by atoms with E-state index in [4.69, 9.17) is 9.47 Å². The molecule has 2 rings (SSSR count). The SMILES string of the molecule is CCCC(=O)OCCNc1cc(SCC(=O)OCC)c2nonc2c1[N+](=O)[O-]. The number of carbonyl (C=O) groups excluding carboxylic acids is 2. The molecular weight excluding hydrogens is 392 g/mol. The van der Waals surface area contributed by atoms with Crippen molar-refractivity contribution >= 4 is 46.1 Å². The number of anilines is 1. The third kappa shape index (κ3) is 5.55. The molecule has 152 valence electrons. The summed E-state index contributed by atoms with van der Waals surface area (Å²) >= 11 is 1.10. The van der Waals surface area contributed by atoms with Crippen molar-refractivity contribution in [1.29, 1.82) is 0 Å². The Kier molecular flexibility index (Phi) is 7.99. The summed E-state index contributed by atoms with van der Waals surface area (Å²) in [5, 5.41) is 21.7. The predicted octanol–water partition coefficient (Wildman–Crippen LogP) is 2.54.